The molecule has 0 aromatic carbocycles. The van der Waals surface area contributed by atoms with E-state index < -0.39 is 11.9 Å². The summed E-state index contributed by atoms with van der Waals surface area (Å²) in [5.74, 6) is 1.52. The summed E-state index contributed by atoms with van der Waals surface area (Å²) in [6.07, 6.45) is 2.44. The molecule has 4 fully saturated rings. The largest absolute Gasteiger partial charge is 0.433 e. The molecule has 7 nitrogen and oxygen atoms in total. The zero-order valence-electron chi connectivity index (χ0n) is 21.3. The molecule has 36 heavy (non-hydrogen) atoms. The lowest BCUT2D eigenvalue weighted by Crippen LogP contribution is -2.54. The van der Waals surface area contributed by atoms with Crippen molar-refractivity contribution in [2.75, 3.05) is 38.3 Å². The number of aromatic nitrogens is 2. The summed E-state index contributed by atoms with van der Waals surface area (Å²) in [5, 5.41) is 0. The Morgan fingerprint density at radius 1 is 1.28 bits per heavy atom. The second-order valence-corrected chi connectivity index (χ2v) is 11.4. The van der Waals surface area contributed by atoms with Crippen molar-refractivity contribution in [2.45, 2.75) is 76.7 Å². The average Bonchev–Trinajstić information content (AvgIpc) is 3.58. The van der Waals surface area contributed by atoms with E-state index >= 15 is 0 Å². The maximum atomic E-state index is 14.1. The number of likely N-dealkylation sites (tertiary alicyclic amines) is 1. The Hall–Kier alpha value is -1.94. The van der Waals surface area contributed by atoms with Crippen LogP contribution in [0.1, 0.15) is 58.1 Å². The molecule has 0 spiro atoms. The third kappa shape index (κ3) is 4.59. The summed E-state index contributed by atoms with van der Waals surface area (Å²) in [6, 6.07) is 0.836. The highest BCUT2D eigenvalue weighted by molar-refractivity contribution is 5.84. The summed E-state index contributed by atoms with van der Waals surface area (Å²) < 4.78 is 50.7. The molecule has 0 N–H and O–H groups in total. The molecule has 1 aromatic rings. The number of nitrogens with zero attached hydrogens (tertiary/aromatic N) is 4. The second kappa shape index (κ2) is 9.74. The fraction of sp³-hybridized carbons (Fsp3) is 0.808. The molecule has 5 rings (SSSR count). The molecule has 1 aliphatic carbocycles. The van der Waals surface area contributed by atoms with Gasteiger partial charge in [0, 0.05) is 33.0 Å². The Morgan fingerprint density at radius 3 is 2.75 bits per heavy atom. The van der Waals surface area contributed by atoms with Gasteiger partial charge in [-0.15, -0.1) is 0 Å². The Bertz CT molecular complexity index is 961. The first-order chi connectivity index (χ1) is 17.1. The van der Waals surface area contributed by atoms with Gasteiger partial charge in [-0.3, -0.25) is 4.79 Å². The minimum Gasteiger partial charge on any atom is -0.379 e. The molecule has 3 aliphatic heterocycles. The molecule has 1 amide bonds. The number of carbonyl (C=O) groups is 1. The van der Waals surface area contributed by atoms with Crippen LogP contribution in [0.3, 0.4) is 0 Å². The molecule has 4 aliphatic rings. The van der Waals surface area contributed by atoms with Crippen LogP contribution in [0.15, 0.2) is 12.3 Å². The van der Waals surface area contributed by atoms with Crippen molar-refractivity contribution in [3.8, 4) is 0 Å². The van der Waals surface area contributed by atoms with Crippen molar-refractivity contribution < 1.29 is 27.4 Å². The monoisotopic (exact) mass is 510 g/mol. The summed E-state index contributed by atoms with van der Waals surface area (Å²) in [4.78, 5) is 25.8. The molecule has 2 bridgehead atoms. The third-order valence-corrected chi connectivity index (χ3v) is 9.25. The zero-order valence-corrected chi connectivity index (χ0v) is 21.3. The van der Waals surface area contributed by atoms with Gasteiger partial charge in [-0.1, -0.05) is 13.8 Å². The fourth-order valence-corrected chi connectivity index (χ4v) is 7.15. The molecule has 4 heterocycles. The average molecular weight is 511 g/mol. The van der Waals surface area contributed by atoms with Crippen molar-refractivity contribution in [3.63, 3.8) is 0 Å². The standard InChI is InChI=1S/C26H37F3N4O3/c1-16(2)25(7-4-17(12-25)10-18-6-9-36-15-21(18)35-3)23(34)32-13-20-11-19(32)14-33(20)24-30-8-5-22(31-24)26(27,28)29/h5,8,16-21H,4,6-7,9-15H2,1-3H3/t17-,18+,19+,20+,21+,25-/m0/s1. The number of fused-ring (bicyclic) bond motifs is 2. The SMILES string of the molecule is CO[C@@H]1COCC[C@@H]1C[C@@H]1CC[C@@](C(=O)N2C[C@H]3C[C@@H]2CN3c2nccc(C(F)(F)F)n2)(C(C)C)C1. The van der Waals surface area contributed by atoms with Gasteiger partial charge in [-0.2, -0.15) is 13.2 Å². The van der Waals surface area contributed by atoms with E-state index in [0.717, 1.165) is 51.2 Å². The fourth-order valence-electron chi connectivity index (χ4n) is 7.15. The first kappa shape index (κ1) is 25.7. The van der Waals surface area contributed by atoms with Crippen LogP contribution in [-0.2, 0) is 20.4 Å². The number of halogens is 3. The lowest BCUT2D eigenvalue weighted by Gasteiger charge is -2.41. The van der Waals surface area contributed by atoms with Gasteiger partial charge in [-0.05, 0) is 62.3 Å². The predicted molar refractivity (Wildman–Crippen MR) is 127 cm³/mol. The van der Waals surface area contributed by atoms with Gasteiger partial charge in [0.2, 0.25) is 11.9 Å². The van der Waals surface area contributed by atoms with E-state index in [-0.39, 0.29) is 41.4 Å². The summed E-state index contributed by atoms with van der Waals surface area (Å²) in [6.45, 7) is 6.73. The lowest BCUT2D eigenvalue weighted by molar-refractivity contribution is -0.146. The van der Waals surface area contributed by atoms with Gasteiger partial charge in [0.1, 0.15) is 5.69 Å². The molecule has 3 saturated heterocycles. The van der Waals surface area contributed by atoms with Crippen molar-refractivity contribution >= 4 is 11.9 Å². The van der Waals surface area contributed by atoms with E-state index in [1.807, 2.05) is 9.80 Å². The highest BCUT2D eigenvalue weighted by Gasteiger charge is 2.55. The Labute approximate surface area is 210 Å². The number of amides is 1. The van der Waals surface area contributed by atoms with Gasteiger partial charge < -0.3 is 19.3 Å². The minimum atomic E-state index is -4.50. The predicted octanol–water partition coefficient (Wildman–Crippen LogP) is 4.17. The number of carbonyl (C=O) groups excluding carboxylic acids is 1. The quantitative estimate of drug-likeness (QED) is 0.572. The van der Waals surface area contributed by atoms with Crippen LogP contribution in [0.2, 0.25) is 0 Å². The number of piperazine rings is 1. The van der Waals surface area contributed by atoms with E-state index in [0.29, 0.717) is 31.5 Å². The van der Waals surface area contributed by atoms with Gasteiger partial charge in [0.15, 0.2) is 0 Å². The van der Waals surface area contributed by atoms with E-state index in [1.165, 1.54) is 6.20 Å². The first-order valence-corrected chi connectivity index (χ1v) is 13.2. The Balaban J connectivity index is 1.26. The normalized spacial score (nSPS) is 34.7. The van der Waals surface area contributed by atoms with E-state index in [9.17, 15) is 18.0 Å². The van der Waals surface area contributed by atoms with Crippen LogP contribution >= 0.6 is 0 Å². The molecule has 1 aromatic heterocycles. The first-order valence-electron chi connectivity index (χ1n) is 13.2. The number of methoxy groups -OCH3 is 1. The van der Waals surface area contributed by atoms with Crippen molar-refractivity contribution in [1.29, 1.82) is 0 Å². The second-order valence-electron chi connectivity index (χ2n) is 11.4. The molecule has 1 saturated carbocycles. The maximum Gasteiger partial charge on any atom is 0.433 e. The summed E-state index contributed by atoms with van der Waals surface area (Å²) >= 11 is 0. The van der Waals surface area contributed by atoms with Crippen molar-refractivity contribution in [2.24, 2.45) is 23.2 Å². The van der Waals surface area contributed by atoms with Crippen LogP contribution in [0.5, 0.6) is 0 Å². The van der Waals surface area contributed by atoms with Crippen LogP contribution in [0.4, 0.5) is 19.1 Å². The van der Waals surface area contributed by atoms with Crippen LogP contribution in [-0.4, -0.2) is 72.4 Å². The Morgan fingerprint density at radius 2 is 2.08 bits per heavy atom. The third-order valence-electron chi connectivity index (χ3n) is 9.25. The van der Waals surface area contributed by atoms with Crippen LogP contribution in [0.25, 0.3) is 0 Å². The van der Waals surface area contributed by atoms with Crippen LogP contribution < -0.4 is 4.90 Å². The van der Waals surface area contributed by atoms with Crippen molar-refractivity contribution in [3.05, 3.63) is 18.0 Å². The van der Waals surface area contributed by atoms with E-state index in [2.05, 4.69) is 23.8 Å². The minimum absolute atomic E-state index is 0.0105. The molecule has 6 atom stereocenters. The number of anilines is 1. The topological polar surface area (TPSA) is 67.8 Å². The van der Waals surface area contributed by atoms with Gasteiger partial charge in [0.25, 0.3) is 0 Å². The zero-order chi connectivity index (χ0) is 25.7. The maximum absolute atomic E-state index is 14.1. The van der Waals surface area contributed by atoms with Crippen LogP contribution in [0, 0.1) is 23.2 Å². The highest BCUT2D eigenvalue weighted by Crippen LogP contribution is 2.52. The van der Waals surface area contributed by atoms with E-state index in [1.54, 1.807) is 7.11 Å². The van der Waals surface area contributed by atoms with E-state index in [4.69, 9.17) is 9.47 Å². The van der Waals surface area contributed by atoms with Crippen molar-refractivity contribution in [1.82, 2.24) is 14.9 Å². The highest BCUT2D eigenvalue weighted by atomic mass is 19.4. The molecule has 0 unspecified atom stereocenters. The number of alkyl halides is 3. The van der Waals surface area contributed by atoms with Gasteiger partial charge >= 0.3 is 6.18 Å². The molecule has 200 valence electrons. The lowest BCUT2D eigenvalue weighted by atomic mass is 9.73. The Kier molecular flexibility index (Phi) is 6.95. The number of rotatable bonds is 6. The number of hydrogen-bond donors (Lipinski definition) is 0. The smallest absolute Gasteiger partial charge is 0.379 e. The molecular formula is C26H37F3N4O3. The summed E-state index contributed by atoms with van der Waals surface area (Å²) in [7, 11) is 1.75. The molecule has 10 heteroatoms. The molecular weight excluding hydrogens is 473 g/mol. The molecule has 0 radical (unpaired) electrons. The van der Waals surface area contributed by atoms with Gasteiger partial charge in [-0.25, -0.2) is 9.97 Å². The number of ether oxygens (including phenoxy) is 2. The summed E-state index contributed by atoms with van der Waals surface area (Å²) in [5.41, 5.74) is -1.31. The van der Waals surface area contributed by atoms with Gasteiger partial charge in [0.05, 0.1) is 30.2 Å². The number of hydrogen-bond acceptors (Lipinski definition) is 6.